The molecule has 1 atom stereocenters. The molecule has 0 radical (unpaired) electrons. The number of aromatic nitrogens is 5. The minimum Gasteiger partial charge on any atom is -0.310 e. The highest BCUT2D eigenvalue weighted by Crippen LogP contribution is 2.40. The van der Waals surface area contributed by atoms with E-state index in [2.05, 4.69) is 25.6 Å². The lowest BCUT2D eigenvalue weighted by Gasteiger charge is -2.24. The first-order valence-electron chi connectivity index (χ1n) is 9.71. The van der Waals surface area contributed by atoms with Gasteiger partial charge in [-0.2, -0.15) is 14.9 Å². The molecule has 0 spiro atoms. The first kappa shape index (κ1) is 19.9. The fraction of sp³-hybridized carbons (Fsp3) is 0.136. The third-order valence-corrected chi connectivity index (χ3v) is 5.31. The van der Waals surface area contributed by atoms with Crippen molar-refractivity contribution in [2.45, 2.75) is 19.3 Å². The summed E-state index contributed by atoms with van der Waals surface area (Å²) in [6.07, 6.45) is 1.36. The predicted molar refractivity (Wildman–Crippen MR) is 109 cm³/mol. The molecule has 0 aliphatic carbocycles. The molecule has 0 saturated carbocycles. The van der Waals surface area contributed by atoms with Crippen molar-refractivity contribution in [3.63, 3.8) is 0 Å². The summed E-state index contributed by atoms with van der Waals surface area (Å²) in [6, 6.07) is 8.86. The Morgan fingerprint density at radius 2 is 1.81 bits per heavy atom. The number of anilines is 1. The maximum Gasteiger partial charge on any atom is 0.272 e. The van der Waals surface area contributed by atoms with Gasteiger partial charge in [-0.3, -0.25) is 4.79 Å². The van der Waals surface area contributed by atoms with Crippen LogP contribution in [0.15, 0.2) is 48.7 Å². The fourth-order valence-corrected chi connectivity index (χ4v) is 3.88. The van der Waals surface area contributed by atoms with Gasteiger partial charge in [0, 0.05) is 23.5 Å². The number of halogens is 3. The third-order valence-electron chi connectivity index (χ3n) is 5.31. The van der Waals surface area contributed by atoms with Gasteiger partial charge < -0.3 is 5.32 Å². The van der Waals surface area contributed by atoms with Crippen molar-refractivity contribution in [3.8, 4) is 17.2 Å². The smallest absolute Gasteiger partial charge is 0.272 e. The lowest BCUT2D eigenvalue weighted by molar-refractivity contribution is -0.116. The van der Waals surface area contributed by atoms with Crippen molar-refractivity contribution in [1.29, 1.82) is 0 Å². The van der Waals surface area contributed by atoms with Gasteiger partial charge in [-0.05, 0) is 55.0 Å². The molecule has 1 amide bonds. The summed E-state index contributed by atoms with van der Waals surface area (Å²) in [5.41, 5.74) is 2.16. The van der Waals surface area contributed by atoms with Crippen molar-refractivity contribution < 1.29 is 18.0 Å². The van der Waals surface area contributed by atoms with Crippen LogP contribution in [0.1, 0.15) is 29.2 Å². The summed E-state index contributed by atoms with van der Waals surface area (Å²) in [6.45, 7) is 1.70. The molecule has 10 heteroatoms. The molecule has 4 aromatic rings. The van der Waals surface area contributed by atoms with E-state index in [0.29, 0.717) is 22.5 Å². The number of carbonyl (C=O) groups excluding carboxylic acids is 1. The van der Waals surface area contributed by atoms with Gasteiger partial charge in [-0.1, -0.05) is 0 Å². The number of carbonyl (C=O) groups is 1. The van der Waals surface area contributed by atoms with Crippen LogP contribution in [0.4, 0.5) is 19.0 Å². The second-order valence-corrected chi connectivity index (χ2v) is 7.38. The Morgan fingerprint density at radius 3 is 2.59 bits per heavy atom. The van der Waals surface area contributed by atoms with Gasteiger partial charge in [0.15, 0.2) is 0 Å². The van der Waals surface area contributed by atoms with Crippen LogP contribution >= 0.6 is 0 Å². The van der Waals surface area contributed by atoms with Crippen LogP contribution in [0, 0.1) is 24.4 Å². The van der Waals surface area contributed by atoms with Gasteiger partial charge in [0.2, 0.25) is 5.91 Å². The SMILES string of the molecule is Cc1nn(-c2nncc(-c3ccc(F)cc3)n2)c2c1[C@@H](c1cc(F)ccc1F)CC(=O)N2. The van der Waals surface area contributed by atoms with Crippen molar-refractivity contribution >= 4 is 11.7 Å². The highest BCUT2D eigenvalue weighted by atomic mass is 19.1. The number of fused-ring (bicyclic) bond motifs is 1. The molecule has 0 unspecified atom stereocenters. The van der Waals surface area contributed by atoms with E-state index < -0.39 is 17.6 Å². The van der Waals surface area contributed by atoms with Crippen molar-refractivity contribution in [2.75, 3.05) is 5.32 Å². The Balaban J connectivity index is 1.63. The normalized spacial score (nSPS) is 15.4. The number of aryl methyl sites for hydroxylation is 1. The van der Waals surface area contributed by atoms with Crippen LogP contribution in [0.3, 0.4) is 0 Å². The van der Waals surface area contributed by atoms with E-state index in [0.717, 1.165) is 18.2 Å². The quantitative estimate of drug-likeness (QED) is 0.526. The molecule has 1 aliphatic heterocycles. The molecule has 1 N–H and O–H groups in total. The van der Waals surface area contributed by atoms with Gasteiger partial charge >= 0.3 is 0 Å². The second-order valence-electron chi connectivity index (χ2n) is 7.38. The number of benzene rings is 2. The standard InChI is InChI=1S/C22H15F3N6O/c1-11-20-16(15-8-14(24)6-7-17(15)25)9-19(32)28-21(20)31(30-11)22-27-18(10-26-29-22)12-2-4-13(23)5-3-12/h2-8,10,16H,9H2,1H3,(H,28,32)/t16-/m1/s1. The summed E-state index contributed by atoms with van der Waals surface area (Å²) in [4.78, 5) is 16.9. The molecule has 3 heterocycles. The summed E-state index contributed by atoms with van der Waals surface area (Å²) in [5, 5.41) is 15.1. The highest BCUT2D eigenvalue weighted by Gasteiger charge is 2.34. The Bertz CT molecular complexity index is 1350. The number of nitrogens with zero attached hydrogens (tertiary/aromatic N) is 5. The first-order valence-corrected chi connectivity index (χ1v) is 9.71. The minimum absolute atomic E-state index is 0.0609. The zero-order valence-electron chi connectivity index (χ0n) is 16.7. The molecule has 0 fully saturated rings. The Labute approximate surface area is 179 Å². The largest absolute Gasteiger partial charge is 0.310 e. The molecular formula is C22H15F3N6O. The molecule has 2 aromatic heterocycles. The van der Waals surface area contributed by atoms with Crippen LogP contribution in [0.2, 0.25) is 0 Å². The molecule has 160 valence electrons. The van der Waals surface area contributed by atoms with Crippen LogP contribution < -0.4 is 5.32 Å². The maximum atomic E-state index is 14.5. The number of hydrogen-bond donors (Lipinski definition) is 1. The van der Waals surface area contributed by atoms with Crippen molar-refractivity contribution in [1.82, 2.24) is 25.0 Å². The van der Waals surface area contributed by atoms with E-state index in [4.69, 9.17) is 0 Å². The molecule has 2 aromatic carbocycles. The fourth-order valence-electron chi connectivity index (χ4n) is 3.88. The Hall–Kier alpha value is -4.08. The molecule has 0 bridgehead atoms. The molecule has 7 nitrogen and oxygen atoms in total. The lowest BCUT2D eigenvalue weighted by Crippen LogP contribution is -2.25. The topological polar surface area (TPSA) is 85.6 Å². The van der Waals surface area contributed by atoms with E-state index in [-0.39, 0.29) is 35.5 Å². The average Bonchev–Trinajstić information content (AvgIpc) is 3.11. The zero-order valence-corrected chi connectivity index (χ0v) is 16.7. The van der Waals surface area contributed by atoms with Crippen LogP contribution in [-0.4, -0.2) is 30.9 Å². The van der Waals surface area contributed by atoms with Gasteiger partial charge in [0.25, 0.3) is 5.95 Å². The lowest BCUT2D eigenvalue weighted by atomic mass is 9.85. The van der Waals surface area contributed by atoms with E-state index in [9.17, 15) is 18.0 Å². The van der Waals surface area contributed by atoms with E-state index in [1.165, 1.54) is 23.0 Å². The van der Waals surface area contributed by atoms with Gasteiger partial charge in [-0.25, -0.2) is 18.2 Å². The summed E-state index contributed by atoms with van der Waals surface area (Å²) >= 11 is 0. The van der Waals surface area contributed by atoms with E-state index in [1.807, 2.05) is 0 Å². The van der Waals surface area contributed by atoms with Gasteiger partial charge in [0.05, 0.1) is 17.6 Å². The maximum absolute atomic E-state index is 14.5. The summed E-state index contributed by atoms with van der Waals surface area (Å²) in [5.74, 6) is -2.36. The van der Waals surface area contributed by atoms with E-state index in [1.54, 1.807) is 19.1 Å². The van der Waals surface area contributed by atoms with Crippen LogP contribution in [0.25, 0.3) is 17.2 Å². The number of rotatable bonds is 3. The Kier molecular flexibility index (Phi) is 4.69. The average molecular weight is 436 g/mol. The molecular weight excluding hydrogens is 421 g/mol. The van der Waals surface area contributed by atoms with Gasteiger partial charge in [-0.15, -0.1) is 5.10 Å². The predicted octanol–water partition coefficient (Wildman–Crippen LogP) is 3.92. The number of amides is 1. The molecule has 0 saturated heterocycles. The Morgan fingerprint density at radius 1 is 1.06 bits per heavy atom. The van der Waals surface area contributed by atoms with Crippen molar-refractivity contribution in [3.05, 3.63) is 82.9 Å². The second kappa shape index (κ2) is 7.56. The molecule has 5 rings (SSSR count). The number of hydrogen-bond acceptors (Lipinski definition) is 5. The molecule has 32 heavy (non-hydrogen) atoms. The number of nitrogens with one attached hydrogen (secondary N) is 1. The summed E-state index contributed by atoms with van der Waals surface area (Å²) in [7, 11) is 0. The van der Waals surface area contributed by atoms with Crippen LogP contribution in [0.5, 0.6) is 0 Å². The third kappa shape index (κ3) is 3.39. The highest BCUT2D eigenvalue weighted by molar-refractivity contribution is 5.95. The van der Waals surface area contributed by atoms with Gasteiger partial charge in [0.1, 0.15) is 23.3 Å². The zero-order chi connectivity index (χ0) is 22.4. The molecule has 1 aliphatic rings. The van der Waals surface area contributed by atoms with Crippen LogP contribution in [-0.2, 0) is 4.79 Å². The van der Waals surface area contributed by atoms with Crippen molar-refractivity contribution in [2.24, 2.45) is 0 Å². The minimum atomic E-state index is -0.726. The first-order chi connectivity index (χ1) is 15.4. The van der Waals surface area contributed by atoms with E-state index >= 15 is 0 Å². The summed E-state index contributed by atoms with van der Waals surface area (Å²) < 4.78 is 42.9. The monoisotopic (exact) mass is 436 g/mol.